The first-order chi connectivity index (χ1) is 9.86. The van der Waals surface area contributed by atoms with E-state index in [2.05, 4.69) is 42.6 Å². The minimum atomic E-state index is 0.565. The van der Waals surface area contributed by atoms with Crippen LogP contribution in [0.2, 0.25) is 0 Å². The van der Waals surface area contributed by atoms with Gasteiger partial charge in [-0.25, -0.2) is 0 Å². The molecule has 0 amide bonds. The molecule has 1 saturated carbocycles. The molecule has 3 rings (SSSR count). The van der Waals surface area contributed by atoms with Gasteiger partial charge in [0.1, 0.15) is 0 Å². The zero-order chi connectivity index (χ0) is 13.8. The largest absolute Gasteiger partial charge is 0.309 e. The van der Waals surface area contributed by atoms with Crippen LogP contribution in [0.5, 0.6) is 0 Å². The molecule has 2 heteroatoms. The molecule has 20 heavy (non-hydrogen) atoms. The first kappa shape index (κ1) is 14.1. The Morgan fingerprint density at radius 2 is 2.05 bits per heavy atom. The van der Waals surface area contributed by atoms with Crippen LogP contribution in [0.25, 0.3) is 10.1 Å². The molecule has 1 unspecified atom stereocenters. The highest BCUT2D eigenvalue weighted by Gasteiger charge is 2.22. The molecule has 1 N–H and O–H groups in total. The van der Waals surface area contributed by atoms with E-state index in [1.165, 1.54) is 53.5 Å². The number of hydrogen-bond donors (Lipinski definition) is 1. The van der Waals surface area contributed by atoms with Crippen molar-refractivity contribution in [3.05, 3.63) is 35.2 Å². The highest BCUT2D eigenvalue weighted by atomic mass is 32.1. The van der Waals surface area contributed by atoms with Gasteiger partial charge < -0.3 is 5.32 Å². The zero-order valence-electron chi connectivity index (χ0n) is 12.4. The van der Waals surface area contributed by atoms with Crippen molar-refractivity contribution in [3.63, 3.8) is 0 Å². The van der Waals surface area contributed by atoms with Gasteiger partial charge in [0.2, 0.25) is 0 Å². The van der Waals surface area contributed by atoms with Crippen LogP contribution in [0.3, 0.4) is 0 Å². The van der Waals surface area contributed by atoms with Crippen LogP contribution in [-0.4, -0.2) is 6.54 Å². The van der Waals surface area contributed by atoms with Crippen LogP contribution in [-0.2, 0) is 0 Å². The van der Waals surface area contributed by atoms with Crippen LogP contribution < -0.4 is 5.32 Å². The van der Waals surface area contributed by atoms with Gasteiger partial charge in [-0.15, -0.1) is 11.3 Å². The Morgan fingerprint density at radius 1 is 1.25 bits per heavy atom. The number of fused-ring (bicyclic) bond motifs is 1. The molecule has 1 aromatic heterocycles. The summed E-state index contributed by atoms with van der Waals surface area (Å²) in [5, 5.41) is 5.19. The summed E-state index contributed by atoms with van der Waals surface area (Å²) in [4.78, 5) is 1.53. The summed E-state index contributed by atoms with van der Waals surface area (Å²) >= 11 is 1.98. The lowest BCUT2D eigenvalue weighted by atomic mass is 9.97. The second-order valence-corrected chi connectivity index (χ2v) is 7.19. The molecular weight excluding hydrogens is 262 g/mol. The van der Waals surface area contributed by atoms with E-state index in [0.717, 1.165) is 12.5 Å². The van der Waals surface area contributed by atoms with Crippen LogP contribution in [0, 0.1) is 5.92 Å². The highest BCUT2D eigenvalue weighted by Crippen LogP contribution is 2.37. The summed E-state index contributed by atoms with van der Waals surface area (Å²) in [5.41, 5.74) is 0. The standard InChI is InChI=1S/C18H25NS/c1-2-11-19-16(12-14-7-3-4-8-14)18-13-15-9-5-6-10-17(15)20-18/h5-6,9-10,13-14,16,19H,2-4,7-8,11-12H2,1H3. The maximum atomic E-state index is 3.78. The average molecular weight is 287 g/mol. The van der Waals surface area contributed by atoms with Crippen molar-refractivity contribution in [2.24, 2.45) is 5.92 Å². The minimum Gasteiger partial charge on any atom is -0.309 e. The molecule has 0 bridgehead atoms. The first-order valence-electron chi connectivity index (χ1n) is 8.08. The fraction of sp³-hybridized carbons (Fsp3) is 0.556. The number of rotatable bonds is 6. The Hall–Kier alpha value is -0.860. The van der Waals surface area contributed by atoms with Crippen LogP contribution in [0.4, 0.5) is 0 Å². The van der Waals surface area contributed by atoms with Gasteiger partial charge in [-0.3, -0.25) is 0 Å². The van der Waals surface area contributed by atoms with E-state index >= 15 is 0 Å². The van der Waals surface area contributed by atoms with Crippen molar-refractivity contribution >= 4 is 21.4 Å². The van der Waals surface area contributed by atoms with Crippen molar-refractivity contribution < 1.29 is 0 Å². The first-order valence-corrected chi connectivity index (χ1v) is 8.90. The third-order valence-corrected chi connectivity index (χ3v) is 5.70. The Labute approximate surface area is 126 Å². The summed E-state index contributed by atoms with van der Waals surface area (Å²) < 4.78 is 1.43. The lowest BCUT2D eigenvalue weighted by Crippen LogP contribution is -2.23. The fourth-order valence-corrected chi connectivity index (χ4v) is 4.53. The molecule has 0 saturated heterocycles. The second kappa shape index (κ2) is 6.73. The zero-order valence-corrected chi connectivity index (χ0v) is 13.2. The predicted molar refractivity (Wildman–Crippen MR) is 89.4 cm³/mol. The van der Waals surface area contributed by atoms with E-state index in [1.807, 2.05) is 11.3 Å². The highest BCUT2D eigenvalue weighted by molar-refractivity contribution is 7.19. The van der Waals surface area contributed by atoms with Gasteiger partial charge in [0, 0.05) is 15.6 Å². The maximum Gasteiger partial charge on any atom is 0.0417 e. The molecule has 1 heterocycles. The molecule has 0 spiro atoms. The van der Waals surface area contributed by atoms with Crippen LogP contribution in [0.15, 0.2) is 30.3 Å². The quantitative estimate of drug-likeness (QED) is 0.737. The van der Waals surface area contributed by atoms with Gasteiger partial charge in [0.05, 0.1) is 0 Å². The van der Waals surface area contributed by atoms with E-state index in [1.54, 1.807) is 0 Å². The Kier molecular flexibility index (Phi) is 4.74. The second-order valence-electron chi connectivity index (χ2n) is 6.08. The topological polar surface area (TPSA) is 12.0 Å². The lowest BCUT2D eigenvalue weighted by molar-refractivity contribution is 0.399. The van der Waals surface area contributed by atoms with Gasteiger partial charge in [0.25, 0.3) is 0 Å². The number of benzene rings is 1. The summed E-state index contributed by atoms with van der Waals surface area (Å²) in [6, 6.07) is 11.7. The predicted octanol–water partition coefficient (Wildman–Crippen LogP) is 5.52. The minimum absolute atomic E-state index is 0.565. The molecule has 1 atom stereocenters. The smallest absolute Gasteiger partial charge is 0.0417 e. The van der Waals surface area contributed by atoms with E-state index in [0.29, 0.717) is 6.04 Å². The van der Waals surface area contributed by atoms with Crippen molar-refractivity contribution in [1.82, 2.24) is 5.32 Å². The fourth-order valence-electron chi connectivity index (χ4n) is 3.37. The number of hydrogen-bond acceptors (Lipinski definition) is 2. The van der Waals surface area contributed by atoms with Gasteiger partial charge in [0.15, 0.2) is 0 Å². The summed E-state index contributed by atoms with van der Waals surface area (Å²) in [6.45, 7) is 3.39. The van der Waals surface area contributed by atoms with Crippen LogP contribution in [0.1, 0.15) is 56.4 Å². The Morgan fingerprint density at radius 3 is 2.80 bits per heavy atom. The molecular formula is C18H25NS. The Bertz CT molecular complexity index is 506. The summed E-state index contributed by atoms with van der Waals surface area (Å²) in [6.07, 6.45) is 8.30. The maximum absolute atomic E-state index is 3.78. The summed E-state index contributed by atoms with van der Waals surface area (Å²) in [7, 11) is 0. The number of thiophene rings is 1. The molecule has 0 aliphatic heterocycles. The molecule has 108 valence electrons. The monoisotopic (exact) mass is 287 g/mol. The van der Waals surface area contributed by atoms with Gasteiger partial charge in [-0.05, 0) is 42.8 Å². The van der Waals surface area contributed by atoms with Crippen molar-refractivity contribution in [1.29, 1.82) is 0 Å². The van der Waals surface area contributed by atoms with E-state index in [-0.39, 0.29) is 0 Å². The normalized spacial score (nSPS) is 17.9. The molecule has 1 fully saturated rings. The molecule has 0 radical (unpaired) electrons. The average Bonchev–Trinajstić information content (AvgIpc) is 3.12. The Balaban J connectivity index is 1.79. The van der Waals surface area contributed by atoms with Crippen molar-refractivity contribution in [2.75, 3.05) is 6.54 Å². The van der Waals surface area contributed by atoms with Crippen LogP contribution >= 0.6 is 11.3 Å². The van der Waals surface area contributed by atoms with Gasteiger partial charge >= 0.3 is 0 Å². The van der Waals surface area contributed by atoms with Crippen molar-refractivity contribution in [2.45, 2.75) is 51.5 Å². The van der Waals surface area contributed by atoms with Gasteiger partial charge in [-0.1, -0.05) is 50.8 Å². The summed E-state index contributed by atoms with van der Waals surface area (Å²) in [5.74, 6) is 0.939. The molecule has 1 aliphatic rings. The third kappa shape index (κ3) is 3.24. The van der Waals surface area contributed by atoms with Crippen molar-refractivity contribution in [3.8, 4) is 0 Å². The van der Waals surface area contributed by atoms with E-state index in [4.69, 9.17) is 0 Å². The van der Waals surface area contributed by atoms with Gasteiger partial charge in [-0.2, -0.15) is 0 Å². The molecule has 1 aromatic carbocycles. The lowest BCUT2D eigenvalue weighted by Gasteiger charge is -2.20. The number of nitrogens with one attached hydrogen (secondary N) is 1. The SMILES string of the molecule is CCCNC(CC1CCCC1)c1cc2ccccc2s1. The molecule has 1 nitrogen and oxygen atoms in total. The molecule has 2 aromatic rings. The van der Waals surface area contributed by atoms with E-state index in [9.17, 15) is 0 Å². The third-order valence-electron chi connectivity index (χ3n) is 4.47. The van der Waals surface area contributed by atoms with E-state index < -0.39 is 0 Å². The molecule has 1 aliphatic carbocycles.